The van der Waals surface area contributed by atoms with E-state index in [1.807, 2.05) is 16.8 Å². The lowest BCUT2D eigenvalue weighted by Gasteiger charge is -2.19. The smallest absolute Gasteiger partial charge is 0.260 e. The molecule has 5 heteroatoms. The van der Waals surface area contributed by atoms with Crippen molar-refractivity contribution in [1.29, 1.82) is 0 Å². The maximum atomic E-state index is 12.1. The number of hydrogen-bond donors (Lipinski definition) is 1. The fourth-order valence-electron chi connectivity index (χ4n) is 3.08. The van der Waals surface area contributed by atoms with E-state index in [1.165, 1.54) is 24.0 Å². The SMILES string of the molecule is C[C@H](Oc1ccc2c(c1)CCCC2)C(=O)NCCCn1ccnc1. The molecule has 1 N–H and O–H groups in total. The van der Waals surface area contributed by atoms with E-state index in [2.05, 4.69) is 22.4 Å². The van der Waals surface area contributed by atoms with Gasteiger partial charge in [-0.2, -0.15) is 0 Å². The molecule has 1 atom stereocenters. The molecule has 0 fully saturated rings. The molecule has 5 nitrogen and oxygen atoms in total. The van der Waals surface area contributed by atoms with E-state index in [1.54, 1.807) is 19.4 Å². The minimum absolute atomic E-state index is 0.0710. The molecule has 1 aromatic carbocycles. The molecule has 1 heterocycles. The van der Waals surface area contributed by atoms with Gasteiger partial charge < -0.3 is 14.6 Å². The number of fused-ring (bicyclic) bond motifs is 1. The van der Waals surface area contributed by atoms with Crippen molar-refractivity contribution in [2.75, 3.05) is 6.54 Å². The van der Waals surface area contributed by atoms with Gasteiger partial charge in [0.1, 0.15) is 5.75 Å². The fourth-order valence-corrected chi connectivity index (χ4v) is 3.08. The number of hydrogen-bond acceptors (Lipinski definition) is 3. The van der Waals surface area contributed by atoms with Crippen molar-refractivity contribution in [3.05, 3.63) is 48.0 Å². The molecule has 0 bridgehead atoms. The minimum Gasteiger partial charge on any atom is -0.481 e. The van der Waals surface area contributed by atoms with Crippen molar-refractivity contribution in [3.8, 4) is 5.75 Å². The van der Waals surface area contributed by atoms with Gasteiger partial charge >= 0.3 is 0 Å². The van der Waals surface area contributed by atoms with Crippen molar-refractivity contribution >= 4 is 5.91 Å². The zero-order valence-corrected chi connectivity index (χ0v) is 14.2. The van der Waals surface area contributed by atoms with Crippen LogP contribution in [0.15, 0.2) is 36.9 Å². The third kappa shape index (κ3) is 4.37. The van der Waals surface area contributed by atoms with Crippen LogP contribution in [0, 0.1) is 0 Å². The van der Waals surface area contributed by atoms with Gasteiger partial charge in [0.05, 0.1) is 6.33 Å². The maximum absolute atomic E-state index is 12.1. The average Bonchev–Trinajstić information content (AvgIpc) is 3.12. The summed E-state index contributed by atoms with van der Waals surface area (Å²) in [6, 6.07) is 6.21. The van der Waals surface area contributed by atoms with Crippen LogP contribution in [0.1, 0.15) is 37.3 Å². The number of amides is 1. The second-order valence-corrected chi connectivity index (χ2v) is 6.34. The van der Waals surface area contributed by atoms with Crippen LogP contribution in [0.25, 0.3) is 0 Å². The number of carbonyl (C=O) groups excluding carboxylic acids is 1. The zero-order chi connectivity index (χ0) is 16.8. The van der Waals surface area contributed by atoms with E-state index < -0.39 is 6.10 Å². The molecule has 1 aliphatic carbocycles. The molecular weight excluding hydrogens is 302 g/mol. The van der Waals surface area contributed by atoms with Gasteiger partial charge in [-0.1, -0.05) is 6.07 Å². The van der Waals surface area contributed by atoms with Crippen molar-refractivity contribution in [3.63, 3.8) is 0 Å². The highest BCUT2D eigenvalue weighted by atomic mass is 16.5. The number of rotatable bonds is 7. The molecule has 0 saturated carbocycles. The largest absolute Gasteiger partial charge is 0.481 e. The summed E-state index contributed by atoms with van der Waals surface area (Å²) in [5, 5.41) is 2.93. The van der Waals surface area contributed by atoms with E-state index in [9.17, 15) is 4.79 Å². The fraction of sp³-hybridized carbons (Fsp3) is 0.474. The molecule has 0 spiro atoms. The first-order valence-electron chi connectivity index (χ1n) is 8.74. The molecule has 0 saturated heterocycles. The molecule has 2 aromatic rings. The minimum atomic E-state index is -0.486. The quantitative estimate of drug-likeness (QED) is 0.796. The Kier molecular flexibility index (Phi) is 5.51. The van der Waals surface area contributed by atoms with Gasteiger partial charge in [-0.15, -0.1) is 0 Å². The number of nitrogens with one attached hydrogen (secondary N) is 1. The number of nitrogens with zero attached hydrogens (tertiary/aromatic N) is 2. The van der Waals surface area contributed by atoms with Crippen LogP contribution >= 0.6 is 0 Å². The Morgan fingerprint density at radius 3 is 2.96 bits per heavy atom. The zero-order valence-electron chi connectivity index (χ0n) is 14.2. The number of aryl methyl sites for hydroxylation is 3. The Morgan fingerprint density at radius 1 is 1.33 bits per heavy atom. The molecule has 1 amide bonds. The summed E-state index contributed by atoms with van der Waals surface area (Å²) in [7, 11) is 0. The van der Waals surface area contributed by atoms with Crippen LogP contribution < -0.4 is 10.1 Å². The Labute approximate surface area is 143 Å². The lowest BCUT2D eigenvalue weighted by molar-refractivity contribution is -0.127. The van der Waals surface area contributed by atoms with Gasteiger partial charge in [-0.05, 0) is 62.3 Å². The van der Waals surface area contributed by atoms with Crippen LogP contribution in [-0.2, 0) is 24.2 Å². The summed E-state index contributed by atoms with van der Waals surface area (Å²) in [5.74, 6) is 0.718. The Hall–Kier alpha value is -2.30. The summed E-state index contributed by atoms with van der Waals surface area (Å²) in [6.07, 6.45) is 10.6. The van der Waals surface area contributed by atoms with Crippen molar-refractivity contribution < 1.29 is 9.53 Å². The van der Waals surface area contributed by atoms with Crippen LogP contribution in [0.5, 0.6) is 5.75 Å². The Bertz CT molecular complexity index is 667. The Morgan fingerprint density at radius 2 is 2.17 bits per heavy atom. The lowest BCUT2D eigenvalue weighted by atomic mass is 9.92. The number of ether oxygens (including phenoxy) is 1. The van der Waals surface area contributed by atoms with Crippen molar-refractivity contribution in [2.45, 2.75) is 51.7 Å². The van der Waals surface area contributed by atoms with E-state index in [4.69, 9.17) is 4.74 Å². The predicted molar refractivity (Wildman–Crippen MR) is 93.0 cm³/mol. The summed E-state index contributed by atoms with van der Waals surface area (Å²) >= 11 is 0. The normalized spacial score (nSPS) is 14.7. The molecule has 1 aromatic heterocycles. The summed E-state index contributed by atoms with van der Waals surface area (Å²) in [5.41, 5.74) is 2.79. The molecule has 3 rings (SSSR count). The van der Waals surface area contributed by atoms with Gasteiger partial charge in [-0.3, -0.25) is 4.79 Å². The maximum Gasteiger partial charge on any atom is 0.260 e. The highest BCUT2D eigenvalue weighted by molar-refractivity contribution is 5.80. The molecule has 24 heavy (non-hydrogen) atoms. The average molecular weight is 327 g/mol. The van der Waals surface area contributed by atoms with Crippen LogP contribution in [0.3, 0.4) is 0 Å². The number of carbonyl (C=O) groups is 1. The highest BCUT2D eigenvalue weighted by Gasteiger charge is 2.16. The standard InChI is InChI=1S/C19H25N3O2/c1-15(19(23)21-9-4-11-22-12-10-20-14-22)24-18-8-7-16-5-2-3-6-17(16)13-18/h7-8,10,12-15H,2-6,9,11H2,1H3,(H,21,23)/t15-/m0/s1. The van der Waals surface area contributed by atoms with Gasteiger partial charge in [-0.25, -0.2) is 4.98 Å². The molecule has 1 aliphatic rings. The Balaban J connectivity index is 1.43. The number of aromatic nitrogens is 2. The number of benzene rings is 1. The van der Waals surface area contributed by atoms with E-state index in [0.717, 1.165) is 31.6 Å². The molecular formula is C19H25N3O2. The van der Waals surface area contributed by atoms with E-state index in [-0.39, 0.29) is 5.91 Å². The van der Waals surface area contributed by atoms with Crippen LogP contribution in [0.4, 0.5) is 0 Å². The first-order chi connectivity index (χ1) is 11.7. The highest BCUT2D eigenvalue weighted by Crippen LogP contribution is 2.25. The summed E-state index contributed by atoms with van der Waals surface area (Å²) in [6.45, 7) is 3.28. The summed E-state index contributed by atoms with van der Waals surface area (Å²) in [4.78, 5) is 16.1. The third-order valence-corrected chi connectivity index (χ3v) is 4.45. The van der Waals surface area contributed by atoms with Gasteiger partial charge in [0, 0.05) is 25.5 Å². The van der Waals surface area contributed by atoms with E-state index in [0.29, 0.717) is 6.54 Å². The molecule has 0 aliphatic heterocycles. The second kappa shape index (κ2) is 7.99. The lowest BCUT2D eigenvalue weighted by Crippen LogP contribution is -2.37. The van der Waals surface area contributed by atoms with Gasteiger partial charge in [0.15, 0.2) is 6.10 Å². The van der Waals surface area contributed by atoms with Crippen LogP contribution in [-0.4, -0.2) is 28.1 Å². The van der Waals surface area contributed by atoms with Crippen molar-refractivity contribution in [1.82, 2.24) is 14.9 Å². The van der Waals surface area contributed by atoms with Gasteiger partial charge in [0.2, 0.25) is 0 Å². The second-order valence-electron chi connectivity index (χ2n) is 6.34. The van der Waals surface area contributed by atoms with Crippen molar-refractivity contribution in [2.24, 2.45) is 0 Å². The monoisotopic (exact) mass is 327 g/mol. The first-order valence-corrected chi connectivity index (χ1v) is 8.74. The topological polar surface area (TPSA) is 56.1 Å². The molecule has 128 valence electrons. The predicted octanol–water partition coefficient (Wildman–Crippen LogP) is 2.74. The third-order valence-electron chi connectivity index (χ3n) is 4.45. The number of imidazole rings is 1. The van der Waals surface area contributed by atoms with Crippen LogP contribution in [0.2, 0.25) is 0 Å². The van der Waals surface area contributed by atoms with E-state index >= 15 is 0 Å². The summed E-state index contributed by atoms with van der Waals surface area (Å²) < 4.78 is 7.82. The molecule has 0 unspecified atom stereocenters. The molecule has 0 radical (unpaired) electrons. The van der Waals surface area contributed by atoms with Gasteiger partial charge in [0.25, 0.3) is 5.91 Å². The first kappa shape index (κ1) is 16.6.